The summed E-state index contributed by atoms with van der Waals surface area (Å²) < 4.78 is 23.0. The van der Waals surface area contributed by atoms with Crippen LogP contribution in [0.1, 0.15) is 12.8 Å². The first-order valence-corrected chi connectivity index (χ1v) is 7.05. The molecule has 0 aromatic heterocycles. The van der Waals surface area contributed by atoms with Gasteiger partial charge in [0.05, 0.1) is 0 Å². The van der Waals surface area contributed by atoms with Crippen LogP contribution in [0.2, 0.25) is 0 Å². The fourth-order valence-corrected chi connectivity index (χ4v) is 4.93. The summed E-state index contributed by atoms with van der Waals surface area (Å²) in [4.78, 5) is 0. The highest BCUT2D eigenvalue weighted by Gasteiger charge is 2.55. The number of aliphatic hydroxyl groups excluding tert-OH is 2. The molecule has 2 unspecified atom stereocenters. The van der Waals surface area contributed by atoms with Gasteiger partial charge in [-0.2, -0.15) is 0 Å². The van der Waals surface area contributed by atoms with Crippen molar-refractivity contribution in [3.8, 4) is 0 Å². The third kappa shape index (κ3) is 1.53. The Morgan fingerprint density at radius 2 is 1.24 bits per heavy atom. The maximum atomic E-state index is 12.6. The lowest BCUT2D eigenvalue weighted by atomic mass is 9.97. The van der Waals surface area contributed by atoms with Gasteiger partial charge in [-0.05, 0) is 12.8 Å². The molecule has 0 spiro atoms. The summed E-state index contributed by atoms with van der Waals surface area (Å²) in [6.07, 6.45) is 10.2. The second-order valence-electron chi connectivity index (χ2n) is 4.41. The molecule has 2 aliphatic heterocycles. The average Bonchev–Trinajstić information content (AvgIpc) is 2.39. The van der Waals surface area contributed by atoms with E-state index in [-0.39, 0.29) is 26.1 Å². The maximum Gasteiger partial charge on any atom is 0.176 e. The number of rotatable bonds is 4. The van der Waals surface area contributed by atoms with Crippen molar-refractivity contribution >= 4 is 9.84 Å². The maximum absolute atomic E-state index is 12.6. The van der Waals surface area contributed by atoms with E-state index in [1.54, 1.807) is 36.5 Å². The highest BCUT2D eigenvalue weighted by Crippen LogP contribution is 2.45. The van der Waals surface area contributed by atoms with Crippen LogP contribution in [-0.2, 0) is 9.84 Å². The van der Waals surface area contributed by atoms with Gasteiger partial charge in [-0.25, -0.2) is 8.42 Å². The van der Waals surface area contributed by atoms with Crippen molar-refractivity contribution in [2.24, 2.45) is 0 Å². The Bertz CT molecular complexity index is 451. The van der Waals surface area contributed by atoms with Gasteiger partial charge in [0.2, 0.25) is 0 Å². The molecule has 0 aliphatic carbocycles. The SMILES string of the molecule is O=S1(=O)C2(CCO)C=CC=CC1(CCO)C=C2. The van der Waals surface area contributed by atoms with Gasteiger partial charge in [0.1, 0.15) is 9.49 Å². The summed E-state index contributed by atoms with van der Waals surface area (Å²) in [6, 6.07) is 0. The molecule has 2 N–H and O–H groups in total. The van der Waals surface area contributed by atoms with Crippen molar-refractivity contribution in [3.63, 3.8) is 0 Å². The lowest BCUT2D eigenvalue weighted by molar-refractivity contribution is 0.278. The largest absolute Gasteiger partial charge is 0.396 e. The Balaban J connectivity index is 2.58. The van der Waals surface area contributed by atoms with E-state index in [2.05, 4.69) is 0 Å². The van der Waals surface area contributed by atoms with Gasteiger partial charge in [0, 0.05) is 13.2 Å². The van der Waals surface area contributed by atoms with E-state index < -0.39 is 19.3 Å². The number of hydrogen-bond acceptors (Lipinski definition) is 4. The Kier molecular flexibility index (Phi) is 3.01. The number of hydrogen-bond donors (Lipinski definition) is 2. The molecule has 2 rings (SSSR count). The van der Waals surface area contributed by atoms with E-state index in [4.69, 9.17) is 10.2 Å². The topological polar surface area (TPSA) is 74.6 Å². The quantitative estimate of drug-likeness (QED) is 0.711. The van der Waals surface area contributed by atoms with Gasteiger partial charge in [-0.1, -0.05) is 36.5 Å². The van der Waals surface area contributed by atoms with E-state index in [0.717, 1.165) is 0 Å². The van der Waals surface area contributed by atoms with Crippen molar-refractivity contribution in [1.29, 1.82) is 0 Å². The highest BCUT2D eigenvalue weighted by molar-refractivity contribution is 7.95. The number of aliphatic hydroxyl groups is 2. The lowest BCUT2D eigenvalue weighted by Gasteiger charge is -2.29. The standard InChI is InChI=1S/C12H16O4S/c13-9-7-11-3-1-2-4-12(6-5-11,8-10-14)17(11,15)16/h1-6,13-14H,7-10H2. The van der Waals surface area contributed by atoms with E-state index in [1.807, 2.05) is 0 Å². The third-order valence-electron chi connectivity index (χ3n) is 3.52. The molecule has 0 saturated carbocycles. The lowest BCUT2D eigenvalue weighted by Crippen LogP contribution is -2.43. The van der Waals surface area contributed by atoms with Crippen LogP contribution in [0.25, 0.3) is 0 Å². The van der Waals surface area contributed by atoms with E-state index in [1.165, 1.54) is 0 Å². The van der Waals surface area contributed by atoms with Crippen molar-refractivity contribution < 1.29 is 18.6 Å². The third-order valence-corrected chi connectivity index (χ3v) is 6.47. The Hall–Kier alpha value is -0.910. The predicted octanol–water partition coefficient (Wildman–Crippen LogP) is 0.339. The van der Waals surface area contributed by atoms with Crippen LogP contribution >= 0.6 is 0 Å². The molecule has 2 aliphatic rings. The second-order valence-corrected chi connectivity index (χ2v) is 6.94. The summed E-state index contributed by atoms with van der Waals surface area (Å²) in [5.74, 6) is 0. The molecular weight excluding hydrogens is 240 g/mol. The normalized spacial score (nSPS) is 37.3. The van der Waals surface area contributed by atoms with Gasteiger partial charge < -0.3 is 10.2 Å². The molecule has 2 bridgehead atoms. The predicted molar refractivity (Wildman–Crippen MR) is 65.2 cm³/mol. The summed E-state index contributed by atoms with van der Waals surface area (Å²) in [5, 5.41) is 18.1. The molecule has 4 nitrogen and oxygen atoms in total. The van der Waals surface area contributed by atoms with Gasteiger partial charge in [0.25, 0.3) is 0 Å². The molecule has 0 aromatic carbocycles. The molecule has 0 fully saturated rings. The van der Waals surface area contributed by atoms with Crippen LogP contribution in [0.3, 0.4) is 0 Å². The number of allylic oxidation sites excluding steroid dienone is 2. The summed E-state index contributed by atoms with van der Waals surface area (Å²) in [5.41, 5.74) is 0. The zero-order valence-electron chi connectivity index (χ0n) is 9.41. The summed E-state index contributed by atoms with van der Waals surface area (Å²) in [7, 11) is -3.52. The molecular formula is C12H16O4S. The van der Waals surface area contributed by atoms with E-state index in [9.17, 15) is 8.42 Å². The average molecular weight is 256 g/mol. The first-order valence-electron chi connectivity index (χ1n) is 5.57. The van der Waals surface area contributed by atoms with Crippen molar-refractivity contribution in [2.75, 3.05) is 13.2 Å². The van der Waals surface area contributed by atoms with Crippen molar-refractivity contribution in [1.82, 2.24) is 0 Å². The molecule has 94 valence electrons. The molecule has 0 radical (unpaired) electrons. The zero-order chi connectivity index (χ0) is 12.6. The molecule has 2 atom stereocenters. The van der Waals surface area contributed by atoms with Crippen LogP contribution in [0.5, 0.6) is 0 Å². The van der Waals surface area contributed by atoms with Gasteiger partial charge in [0.15, 0.2) is 9.84 Å². The fraction of sp³-hybridized carbons (Fsp3) is 0.500. The van der Waals surface area contributed by atoms with Crippen LogP contribution in [-0.4, -0.2) is 41.3 Å². The van der Waals surface area contributed by atoms with E-state index in [0.29, 0.717) is 0 Å². The second kappa shape index (κ2) is 4.08. The first kappa shape index (κ1) is 12.5. The molecule has 0 aromatic rings. The van der Waals surface area contributed by atoms with E-state index >= 15 is 0 Å². The smallest absolute Gasteiger partial charge is 0.176 e. The summed E-state index contributed by atoms with van der Waals surface area (Å²) >= 11 is 0. The van der Waals surface area contributed by atoms with Crippen LogP contribution in [0.15, 0.2) is 36.5 Å². The minimum atomic E-state index is -3.52. The Labute approximate surface area is 101 Å². The molecule has 0 amide bonds. The number of sulfone groups is 1. The van der Waals surface area contributed by atoms with Crippen molar-refractivity contribution in [2.45, 2.75) is 22.3 Å². The fourth-order valence-electron chi connectivity index (χ4n) is 2.49. The van der Waals surface area contributed by atoms with Crippen LogP contribution in [0.4, 0.5) is 0 Å². The first-order chi connectivity index (χ1) is 8.04. The zero-order valence-corrected chi connectivity index (χ0v) is 10.2. The van der Waals surface area contributed by atoms with Gasteiger partial charge in [-0.15, -0.1) is 0 Å². The minimum Gasteiger partial charge on any atom is -0.396 e. The monoisotopic (exact) mass is 256 g/mol. The van der Waals surface area contributed by atoms with Crippen molar-refractivity contribution in [3.05, 3.63) is 36.5 Å². The Morgan fingerprint density at radius 1 is 0.824 bits per heavy atom. The molecule has 17 heavy (non-hydrogen) atoms. The number of fused-ring (bicyclic) bond motifs is 2. The van der Waals surface area contributed by atoms with Gasteiger partial charge >= 0.3 is 0 Å². The molecule has 5 heteroatoms. The van der Waals surface area contributed by atoms with Gasteiger partial charge in [-0.3, -0.25) is 0 Å². The summed E-state index contributed by atoms with van der Waals surface area (Å²) in [6.45, 7) is -0.383. The van der Waals surface area contributed by atoms with Crippen LogP contribution < -0.4 is 0 Å². The molecule has 2 heterocycles. The minimum absolute atomic E-state index is 0.150. The van der Waals surface area contributed by atoms with Crippen LogP contribution in [0, 0.1) is 0 Å². The Morgan fingerprint density at radius 3 is 1.59 bits per heavy atom. The highest BCUT2D eigenvalue weighted by atomic mass is 32.2. The molecule has 0 saturated heterocycles.